The third kappa shape index (κ3) is 10.7. The Labute approximate surface area is 306 Å². The molecule has 2 fully saturated rings. The minimum Gasteiger partial charge on any atom is -0.392 e. The Morgan fingerprint density at radius 1 is 0.808 bits per heavy atom. The van der Waals surface area contributed by atoms with Crippen LogP contribution in [0.5, 0.6) is 0 Å². The van der Waals surface area contributed by atoms with Gasteiger partial charge in [-0.25, -0.2) is 9.97 Å². The van der Waals surface area contributed by atoms with Crippen LogP contribution >= 0.6 is 0 Å². The van der Waals surface area contributed by atoms with E-state index in [1.165, 1.54) is 6.92 Å². The first-order valence-electron chi connectivity index (χ1n) is 18.4. The molecule has 1 aromatic heterocycles. The lowest BCUT2D eigenvalue weighted by Crippen LogP contribution is -2.50. The van der Waals surface area contributed by atoms with Gasteiger partial charge in [-0.2, -0.15) is 0 Å². The summed E-state index contributed by atoms with van der Waals surface area (Å²) < 4.78 is 13.3. The molecule has 274 valence electrons. The molecule has 52 heavy (non-hydrogen) atoms. The highest BCUT2D eigenvalue weighted by Gasteiger charge is 2.34. The molecular formula is C41H50N6O5. The van der Waals surface area contributed by atoms with E-state index in [-0.39, 0.29) is 30.6 Å². The number of amides is 2. The second-order valence-electron chi connectivity index (χ2n) is 13.6. The average molecular weight is 707 g/mol. The Balaban J connectivity index is 1.06. The van der Waals surface area contributed by atoms with Crippen molar-refractivity contribution >= 4 is 17.8 Å². The SMILES string of the molecule is CC(=O)NCCCCCC(=O)NCc1cccc(-c2ccc([C@H]3O[C@@H](CN4CCN(c5ncccn5)CC4)C[C@@H](c4ccc(CO)cc4)O3)cc2)c1. The van der Waals surface area contributed by atoms with Crippen LogP contribution in [0.1, 0.15) is 73.7 Å². The van der Waals surface area contributed by atoms with Gasteiger partial charge in [0.25, 0.3) is 0 Å². The Morgan fingerprint density at radius 3 is 2.29 bits per heavy atom. The Kier molecular flexibility index (Phi) is 13.3. The molecule has 0 aliphatic carbocycles. The summed E-state index contributed by atoms with van der Waals surface area (Å²) in [6.07, 6.45) is 6.64. The number of hydrogen-bond acceptors (Lipinski definition) is 9. The predicted octanol–water partition coefficient (Wildman–Crippen LogP) is 5.32. The zero-order valence-electron chi connectivity index (χ0n) is 30.0. The molecule has 0 unspecified atom stereocenters. The van der Waals surface area contributed by atoms with Crippen molar-refractivity contribution in [3.8, 4) is 11.1 Å². The zero-order valence-corrected chi connectivity index (χ0v) is 30.0. The van der Waals surface area contributed by atoms with Crippen molar-refractivity contribution in [2.24, 2.45) is 0 Å². The number of carbonyl (C=O) groups is 2. The fourth-order valence-corrected chi connectivity index (χ4v) is 6.74. The Bertz CT molecular complexity index is 1710. The van der Waals surface area contributed by atoms with Gasteiger partial charge in [0, 0.05) is 83.5 Å². The van der Waals surface area contributed by atoms with E-state index >= 15 is 0 Å². The molecule has 0 bridgehead atoms. The fourth-order valence-electron chi connectivity index (χ4n) is 6.74. The van der Waals surface area contributed by atoms with E-state index in [2.05, 4.69) is 66.8 Å². The smallest absolute Gasteiger partial charge is 0.225 e. The van der Waals surface area contributed by atoms with Crippen molar-refractivity contribution in [2.75, 3.05) is 44.2 Å². The summed E-state index contributed by atoms with van der Waals surface area (Å²) in [5, 5.41) is 15.4. The van der Waals surface area contributed by atoms with Crippen LogP contribution in [0.15, 0.2) is 91.3 Å². The molecular weight excluding hydrogens is 656 g/mol. The van der Waals surface area contributed by atoms with Crippen molar-refractivity contribution in [3.05, 3.63) is 114 Å². The number of nitrogens with zero attached hydrogens (tertiary/aromatic N) is 4. The van der Waals surface area contributed by atoms with Gasteiger partial charge in [0.15, 0.2) is 6.29 Å². The van der Waals surface area contributed by atoms with Gasteiger partial charge in [-0.3, -0.25) is 14.5 Å². The monoisotopic (exact) mass is 706 g/mol. The molecule has 4 aromatic rings. The normalized spacial score (nSPS) is 19.3. The maximum atomic E-state index is 12.4. The van der Waals surface area contributed by atoms with Gasteiger partial charge in [-0.05, 0) is 52.8 Å². The molecule has 3 heterocycles. The second-order valence-corrected chi connectivity index (χ2v) is 13.6. The number of aliphatic hydroxyl groups is 1. The number of hydrogen-bond donors (Lipinski definition) is 3. The number of nitrogens with one attached hydrogen (secondary N) is 2. The third-order valence-corrected chi connectivity index (χ3v) is 9.67. The summed E-state index contributed by atoms with van der Waals surface area (Å²) in [5.41, 5.74) is 6.08. The molecule has 2 amide bonds. The third-order valence-electron chi connectivity index (χ3n) is 9.67. The molecule has 3 N–H and O–H groups in total. The van der Waals surface area contributed by atoms with Crippen molar-refractivity contribution in [3.63, 3.8) is 0 Å². The largest absolute Gasteiger partial charge is 0.392 e. The minimum absolute atomic E-state index is 0.00703. The first-order chi connectivity index (χ1) is 25.4. The summed E-state index contributed by atoms with van der Waals surface area (Å²) in [5.74, 6) is 0.785. The number of benzene rings is 3. The van der Waals surface area contributed by atoms with E-state index < -0.39 is 6.29 Å². The minimum atomic E-state index is -0.527. The second kappa shape index (κ2) is 18.7. The number of piperazine rings is 1. The van der Waals surface area contributed by atoms with Crippen LogP contribution < -0.4 is 15.5 Å². The van der Waals surface area contributed by atoms with Gasteiger partial charge in [0.2, 0.25) is 17.8 Å². The Hall–Kier alpha value is -4.68. The predicted molar refractivity (Wildman–Crippen MR) is 200 cm³/mol. The van der Waals surface area contributed by atoms with Crippen LogP contribution in [0, 0.1) is 0 Å². The van der Waals surface area contributed by atoms with E-state index in [1.54, 1.807) is 12.4 Å². The van der Waals surface area contributed by atoms with E-state index in [0.29, 0.717) is 19.5 Å². The van der Waals surface area contributed by atoms with Crippen molar-refractivity contribution < 1.29 is 24.2 Å². The number of anilines is 1. The van der Waals surface area contributed by atoms with E-state index in [4.69, 9.17) is 9.47 Å². The number of unbranched alkanes of at least 4 members (excludes halogenated alkanes) is 2. The van der Waals surface area contributed by atoms with E-state index in [1.807, 2.05) is 42.5 Å². The van der Waals surface area contributed by atoms with Gasteiger partial charge in [-0.1, -0.05) is 73.2 Å². The summed E-state index contributed by atoms with van der Waals surface area (Å²) in [6.45, 7) is 6.96. The van der Waals surface area contributed by atoms with Crippen LogP contribution in [-0.2, 0) is 32.2 Å². The number of ether oxygens (including phenoxy) is 2. The Morgan fingerprint density at radius 2 is 1.56 bits per heavy atom. The first-order valence-corrected chi connectivity index (χ1v) is 18.4. The molecule has 0 saturated carbocycles. The van der Waals surface area contributed by atoms with Gasteiger partial charge in [0.1, 0.15) is 0 Å². The highest BCUT2D eigenvalue weighted by atomic mass is 16.7. The van der Waals surface area contributed by atoms with Crippen molar-refractivity contribution in [1.82, 2.24) is 25.5 Å². The molecule has 6 rings (SSSR count). The molecule has 0 spiro atoms. The standard InChI is InChI=1S/C41H50N6O5/c1-30(49)42-18-4-2-3-9-39(50)45-27-32-7-5-8-36(25-32)33-14-16-35(17-15-33)40-51-37(26-38(52-40)34-12-10-31(29-48)11-13-34)28-46-21-23-47(24-22-46)41-43-19-6-20-44-41/h5-8,10-17,19-20,25,37-38,40,48H,2-4,9,18,21-24,26-29H2,1H3,(H,42,49)(H,45,50)/t37-,38+,40+/m1/s1. The van der Waals surface area contributed by atoms with Crippen molar-refractivity contribution in [1.29, 1.82) is 0 Å². The molecule has 11 nitrogen and oxygen atoms in total. The molecule has 0 radical (unpaired) electrons. The number of rotatable bonds is 15. The van der Waals surface area contributed by atoms with Gasteiger partial charge < -0.3 is 30.1 Å². The fraction of sp³-hybridized carbons (Fsp3) is 0.415. The van der Waals surface area contributed by atoms with Gasteiger partial charge in [-0.15, -0.1) is 0 Å². The van der Waals surface area contributed by atoms with Gasteiger partial charge >= 0.3 is 0 Å². The lowest BCUT2D eigenvalue weighted by molar-refractivity contribution is -0.253. The van der Waals surface area contributed by atoms with E-state index in [9.17, 15) is 14.7 Å². The lowest BCUT2D eigenvalue weighted by Gasteiger charge is -2.40. The van der Waals surface area contributed by atoms with Gasteiger partial charge in [0.05, 0.1) is 18.8 Å². The summed E-state index contributed by atoms with van der Waals surface area (Å²) >= 11 is 0. The molecule has 3 aromatic carbocycles. The topological polar surface area (TPSA) is 129 Å². The van der Waals surface area contributed by atoms with Crippen LogP contribution in [0.25, 0.3) is 11.1 Å². The molecule has 2 aliphatic heterocycles. The maximum Gasteiger partial charge on any atom is 0.225 e. The lowest BCUT2D eigenvalue weighted by atomic mass is 9.98. The molecule has 2 aliphatic rings. The molecule has 2 saturated heterocycles. The summed E-state index contributed by atoms with van der Waals surface area (Å²) in [4.78, 5) is 36.9. The summed E-state index contributed by atoms with van der Waals surface area (Å²) in [7, 11) is 0. The highest BCUT2D eigenvalue weighted by molar-refractivity contribution is 5.76. The van der Waals surface area contributed by atoms with Crippen LogP contribution in [0.4, 0.5) is 5.95 Å². The van der Waals surface area contributed by atoms with Crippen LogP contribution in [0.3, 0.4) is 0 Å². The van der Waals surface area contributed by atoms with Crippen LogP contribution in [-0.4, -0.2) is 77.2 Å². The quantitative estimate of drug-likeness (QED) is 0.141. The number of aliphatic hydroxyl groups excluding tert-OH is 1. The number of aromatic nitrogens is 2. The highest BCUT2D eigenvalue weighted by Crippen LogP contribution is 2.39. The molecule has 11 heteroatoms. The van der Waals surface area contributed by atoms with E-state index in [0.717, 1.165) is 97.7 Å². The average Bonchev–Trinajstić information content (AvgIpc) is 3.19. The van der Waals surface area contributed by atoms with Crippen LogP contribution in [0.2, 0.25) is 0 Å². The summed E-state index contributed by atoms with van der Waals surface area (Å²) in [6, 6.07) is 26.4. The van der Waals surface area contributed by atoms with Crippen molar-refractivity contribution in [2.45, 2.75) is 70.7 Å². The first kappa shape index (κ1) is 37.1. The molecule has 3 atom stereocenters. The number of carbonyl (C=O) groups excluding carboxylic acids is 2. The zero-order chi connectivity index (χ0) is 36.1. The maximum absolute atomic E-state index is 12.4.